The zero-order valence-electron chi connectivity index (χ0n) is 14.4. The molecule has 0 saturated carbocycles. The Labute approximate surface area is 126 Å². The molecular weight excluding hydrogens is 270 g/mol. The Morgan fingerprint density at radius 3 is 1.75 bits per heavy atom. The average Bonchev–Trinajstić information content (AvgIpc) is 2.34. The molecule has 0 rings (SSSR count). The third kappa shape index (κ3) is 7.52. The molecular formula is C15H33NO3Si. The molecule has 4 nitrogen and oxygen atoms in total. The summed E-state index contributed by atoms with van der Waals surface area (Å²) in [5, 5.41) is 0. The van der Waals surface area contributed by atoms with E-state index in [1.165, 1.54) is 5.71 Å². The van der Waals surface area contributed by atoms with E-state index in [-0.39, 0.29) is 5.41 Å². The maximum absolute atomic E-state index is 5.83. The molecule has 0 aromatic heterocycles. The van der Waals surface area contributed by atoms with Gasteiger partial charge in [0.2, 0.25) is 0 Å². The van der Waals surface area contributed by atoms with Gasteiger partial charge >= 0.3 is 8.80 Å². The standard InChI is InChI=1S/C15H33NO3Si/c1-8-17-20(18-9-2,19-10-3)13-11-12-16-14(4)15(5,6)7/h8-13H2,1-7H3. The third-order valence-corrected chi connectivity index (χ3v) is 6.32. The lowest BCUT2D eigenvalue weighted by atomic mass is 9.91. The Morgan fingerprint density at radius 1 is 0.950 bits per heavy atom. The molecule has 0 heterocycles. The molecule has 0 aromatic rings. The summed E-state index contributed by atoms with van der Waals surface area (Å²) in [5.74, 6) is 0. The van der Waals surface area contributed by atoms with E-state index in [2.05, 4.69) is 32.7 Å². The first kappa shape index (κ1) is 19.8. The van der Waals surface area contributed by atoms with Crippen molar-refractivity contribution in [2.75, 3.05) is 26.4 Å². The molecule has 0 spiro atoms. The Morgan fingerprint density at radius 2 is 1.40 bits per heavy atom. The van der Waals surface area contributed by atoms with Crippen LogP contribution >= 0.6 is 0 Å². The summed E-state index contributed by atoms with van der Waals surface area (Å²) >= 11 is 0. The molecule has 0 aliphatic carbocycles. The van der Waals surface area contributed by atoms with Crippen LogP contribution < -0.4 is 0 Å². The molecule has 5 heteroatoms. The Balaban J connectivity index is 4.46. The summed E-state index contributed by atoms with van der Waals surface area (Å²) in [4.78, 5) is 4.65. The van der Waals surface area contributed by atoms with Crippen molar-refractivity contribution in [1.82, 2.24) is 0 Å². The van der Waals surface area contributed by atoms with Crippen molar-refractivity contribution in [1.29, 1.82) is 0 Å². The molecule has 0 aromatic carbocycles. The van der Waals surface area contributed by atoms with E-state index in [1.54, 1.807) is 0 Å². The lowest BCUT2D eigenvalue weighted by Crippen LogP contribution is -2.46. The molecule has 0 aliphatic heterocycles. The zero-order chi connectivity index (χ0) is 15.6. The van der Waals surface area contributed by atoms with Crippen LogP contribution in [0.3, 0.4) is 0 Å². The molecule has 0 radical (unpaired) electrons. The number of aliphatic imine (C=N–C) groups is 1. The highest BCUT2D eigenvalue weighted by molar-refractivity contribution is 6.60. The summed E-state index contributed by atoms with van der Waals surface area (Å²) in [6.45, 7) is 17.3. The van der Waals surface area contributed by atoms with E-state index < -0.39 is 8.80 Å². The largest absolute Gasteiger partial charge is 0.500 e. The minimum absolute atomic E-state index is 0.147. The molecule has 0 atom stereocenters. The van der Waals surface area contributed by atoms with Gasteiger partial charge in [0.15, 0.2) is 0 Å². The molecule has 0 bridgehead atoms. The van der Waals surface area contributed by atoms with Crippen molar-refractivity contribution in [3.8, 4) is 0 Å². The van der Waals surface area contributed by atoms with Crippen molar-refractivity contribution >= 4 is 14.5 Å². The molecule has 0 unspecified atom stereocenters. The maximum atomic E-state index is 5.83. The maximum Gasteiger partial charge on any atom is 0.500 e. The van der Waals surface area contributed by atoms with Gasteiger partial charge in [-0.2, -0.15) is 0 Å². The van der Waals surface area contributed by atoms with Crippen LogP contribution in [0.15, 0.2) is 4.99 Å². The quantitative estimate of drug-likeness (QED) is 0.349. The monoisotopic (exact) mass is 303 g/mol. The smallest absolute Gasteiger partial charge is 0.374 e. The van der Waals surface area contributed by atoms with E-state index in [0.717, 1.165) is 19.0 Å². The lowest BCUT2D eigenvalue weighted by Gasteiger charge is -2.28. The van der Waals surface area contributed by atoms with E-state index >= 15 is 0 Å². The number of hydrogen-bond acceptors (Lipinski definition) is 4. The normalized spacial score (nSPS) is 13.8. The van der Waals surface area contributed by atoms with Gasteiger partial charge in [-0.3, -0.25) is 4.99 Å². The van der Waals surface area contributed by atoms with Gasteiger partial charge in [0.1, 0.15) is 0 Å². The number of nitrogens with zero attached hydrogens (tertiary/aromatic N) is 1. The van der Waals surface area contributed by atoms with Gasteiger partial charge < -0.3 is 13.3 Å². The molecule has 0 amide bonds. The summed E-state index contributed by atoms with van der Waals surface area (Å²) in [7, 11) is -2.48. The second-order valence-electron chi connectivity index (χ2n) is 5.80. The van der Waals surface area contributed by atoms with Crippen LogP contribution in [0.4, 0.5) is 0 Å². The summed E-state index contributed by atoms with van der Waals surface area (Å²) < 4.78 is 17.5. The third-order valence-electron chi connectivity index (χ3n) is 3.17. The van der Waals surface area contributed by atoms with Gasteiger partial charge in [0.05, 0.1) is 0 Å². The van der Waals surface area contributed by atoms with E-state index in [4.69, 9.17) is 13.3 Å². The fraction of sp³-hybridized carbons (Fsp3) is 0.933. The second-order valence-corrected chi connectivity index (χ2v) is 8.53. The van der Waals surface area contributed by atoms with Crippen LogP contribution in [0.25, 0.3) is 0 Å². The van der Waals surface area contributed by atoms with E-state index in [0.29, 0.717) is 19.8 Å². The average molecular weight is 304 g/mol. The summed E-state index contributed by atoms with van der Waals surface area (Å²) in [6.07, 6.45) is 0.944. The highest BCUT2D eigenvalue weighted by Crippen LogP contribution is 2.19. The lowest BCUT2D eigenvalue weighted by molar-refractivity contribution is 0.0710. The highest BCUT2D eigenvalue weighted by atomic mass is 28.4. The van der Waals surface area contributed by atoms with Crippen molar-refractivity contribution in [2.45, 2.75) is 60.9 Å². The molecule has 0 aliphatic rings. The van der Waals surface area contributed by atoms with Gasteiger partial charge in [0, 0.05) is 38.1 Å². The van der Waals surface area contributed by atoms with Crippen molar-refractivity contribution in [2.24, 2.45) is 10.4 Å². The van der Waals surface area contributed by atoms with Gasteiger partial charge in [0.25, 0.3) is 0 Å². The van der Waals surface area contributed by atoms with Gasteiger partial charge in [-0.1, -0.05) is 20.8 Å². The van der Waals surface area contributed by atoms with Crippen LogP contribution in [0, 0.1) is 5.41 Å². The second kappa shape index (κ2) is 9.66. The van der Waals surface area contributed by atoms with E-state index in [9.17, 15) is 0 Å². The first-order valence-corrected chi connectivity index (χ1v) is 9.67. The number of hydrogen-bond donors (Lipinski definition) is 0. The predicted molar refractivity (Wildman–Crippen MR) is 87.5 cm³/mol. The molecule has 0 saturated heterocycles. The first-order chi connectivity index (χ1) is 9.31. The summed E-state index contributed by atoms with van der Waals surface area (Å²) in [5.41, 5.74) is 1.34. The van der Waals surface area contributed by atoms with Crippen LogP contribution in [-0.4, -0.2) is 40.9 Å². The highest BCUT2D eigenvalue weighted by Gasteiger charge is 2.39. The minimum Gasteiger partial charge on any atom is -0.374 e. The summed E-state index contributed by atoms with van der Waals surface area (Å²) in [6, 6.07) is 0.837. The Hall–Kier alpha value is -0.233. The van der Waals surface area contributed by atoms with E-state index in [1.807, 2.05) is 20.8 Å². The topological polar surface area (TPSA) is 40.0 Å². The van der Waals surface area contributed by atoms with Crippen molar-refractivity contribution in [3.05, 3.63) is 0 Å². The van der Waals surface area contributed by atoms with Crippen LogP contribution in [0.5, 0.6) is 0 Å². The Bertz CT molecular complexity index is 270. The predicted octanol–water partition coefficient (Wildman–Crippen LogP) is 3.93. The SMILES string of the molecule is CCO[Si](CCCN=C(C)C(C)(C)C)(OCC)OCC. The zero-order valence-corrected chi connectivity index (χ0v) is 15.4. The fourth-order valence-electron chi connectivity index (χ4n) is 1.78. The van der Waals surface area contributed by atoms with Crippen LogP contribution in [0.2, 0.25) is 6.04 Å². The van der Waals surface area contributed by atoms with Crippen molar-refractivity contribution in [3.63, 3.8) is 0 Å². The van der Waals surface area contributed by atoms with Gasteiger partial charge in [-0.05, 0) is 39.5 Å². The van der Waals surface area contributed by atoms with Gasteiger partial charge in [-0.25, -0.2) is 0 Å². The molecule has 0 fully saturated rings. The van der Waals surface area contributed by atoms with Crippen molar-refractivity contribution < 1.29 is 13.3 Å². The minimum atomic E-state index is -2.48. The van der Waals surface area contributed by atoms with Crippen LogP contribution in [0.1, 0.15) is 54.9 Å². The fourth-order valence-corrected chi connectivity index (χ4v) is 4.37. The number of rotatable bonds is 10. The van der Waals surface area contributed by atoms with Crippen LogP contribution in [-0.2, 0) is 13.3 Å². The van der Waals surface area contributed by atoms with Gasteiger partial charge in [-0.15, -0.1) is 0 Å². The molecule has 120 valence electrons. The first-order valence-electron chi connectivity index (χ1n) is 7.74. The Kier molecular flexibility index (Phi) is 9.55. The molecule has 20 heavy (non-hydrogen) atoms. The molecule has 0 N–H and O–H groups in total.